The number of anilines is 1. The highest BCUT2D eigenvalue weighted by Gasteiger charge is 2.27. The molecule has 1 aromatic carbocycles. The van der Waals surface area contributed by atoms with E-state index in [1.54, 1.807) is 17.4 Å². The van der Waals surface area contributed by atoms with Crippen molar-refractivity contribution in [2.24, 2.45) is 0 Å². The molecule has 0 saturated heterocycles. The molecule has 3 N–H and O–H groups in total. The van der Waals surface area contributed by atoms with E-state index < -0.39 is 37.8 Å². The Labute approximate surface area is 118 Å². The van der Waals surface area contributed by atoms with Crippen molar-refractivity contribution >= 4 is 17.6 Å². The fourth-order valence-electron chi connectivity index (χ4n) is 1.14. The Morgan fingerprint density at radius 2 is 1.76 bits per heavy atom. The topological polar surface area (TPSA) is 90.7 Å². The van der Waals surface area contributed by atoms with E-state index in [0.29, 0.717) is 11.4 Å². The van der Waals surface area contributed by atoms with Crippen molar-refractivity contribution in [3.63, 3.8) is 0 Å². The summed E-state index contributed by atoms with van der Waals surface area (Å²) in [4.78, 5) is 22.2. The lowest BCUT2D eigenvalue weighted by Crippen LogP contribution is -2.36. The van der Waals surface area contributed by atoms with E-state index in [1.807, 2.05) is 0 Å². The molecular weight excluding hydrogens is 293 g/mol. The number of nitrogens with two attached hydrogens (primary N) is 1. The van der Waals surface area contributed by atoms with Crippen molar-refractivity contribution in [1.82, 2.24) is 5.32 Å². The number of carbonyl (C=O) groups is 2. The second-order valence-electron chi connectivity index (χ2n) is 3.91. The molecule has 0 atom stereocenters. The molecule has 116 valence electrons. The third kappa shape index (κ3) is 7.65. The molecule has 0 heterocycles. The number of hydrogen-bond donors (Lipinski definition) is 2. The van der Waals surface area contributed by atoms with Crippen LogP contribution in [0.3, 0.4) is 0 Å². The monoisotopic (exact) mass is 306 g/mol. The van der Waals surface area contributed by atoms with E-state index in [-0.39, 0.29) is 0 Å². The highest BCUT2D eigenvalue weighted by atomic mass is 19.4. The number of nitrogen functional groups attached to an aromatic ring is 1. The van der Waals surface area contributed by atoms with E-state index in [0.717, 1.165) is 0 Å². The zero-order chi connectivity index (χ0) is 15.9. The maximum Gasteiger partial charge on any atom is 0.405 e. The standard InChI is InChI=1S/C12H13F3N2O4/c13-12(14,15)7-17-10(18)5-21-11(19)6-20-9-3-1-8(16)2-4-9/h1-4H,5-7,16H2,(H,17,18). The lowest BCUT2D eigenvalue weighted by molar-refractivity contribution is -0.152. The maximum atomic E-state index is 11.8. The van der Waals surface area contributed by atoms with E-state index in [4.69, 9.17) is 10.5 Å². The van der Waals surface area contributed by atoms with Gasteiger partial charge in [-0.3, -0.25) is 4.79 Å². The molecule has 0 aliphatic carbocycles. The van der Waals surface area contributed by atoms with E-state index in [9.17, 15) is 22.8 Å². The molecule has 21 heavy (non-hydrogen) atoms. The maximum absolute atomic E-state index is 11.8. The van der Waals surface area contributed by atoms with Crippen LogP contribution in [0.1, 0.15) is 0 Å². The number of carbonyl (C=O) groups excluding carboxylic acids is 2. The van der Waals surface area contributed by atoms with Crippen molar-refractivity contribution in [3.8, 4) is 5.75 Å². The number of amides is 1. The number of halogens is 3. The SMILES string of the molecule is Nc1ccc(OCC(=O)OCC(=O)NCC(F)(F)F)cc1. The summed E-state index contributed by atoms with van der Waals surface area (Å²) in [5.74, 6) is -1.56. The molecule has 1 rings (SSSR count). The summed E-state index contributed by atoms with van der Waals surface area (Å²) in [6.45, 7) is -2.76. The molecule has 1 aromatic rings. The van der Waals surface area contributed by atoms with Crippen LogP contribution in [0.25, 0.3) is 0 Å². The third-order valence-corrected chi connectivity index (χ3v) is 2.09. The number of benzene rings is 1. The van der Waals surface area contributed by atoms with Gasteiger partial charge in [-0.1, -0.05) is 0 Å². The van der Waals surface area contributed by atoms with Crippen LogP contribution >= 0.6 is 0 Å². The minimum atomic E-state index is -4.52. The Morgan fingerprint density at radius 3 is 2.33 bits per heavy atom. The van der Waals surface area contributed by atoms with Gasteiger partial charge in [-0.25, -0.2) is 4.79 Å². The van der Waals surface area contributed by atoms with Crippen LogP contribution in [0.5, 0.6) is 5.75 Å². The van der Waals surface area contributed by atoms with Crippen molar-refractivity contribution < 1.29 is 32.2 Å². The van der Waals surface area contributed by atoms with E-state index in [2.05, 4.69) is 4.74 Å². The summed E-state index contributed by atoms with van der Waals surface area (Å²) in [6, 6.07) is 6.17. The summed E-state index contributed by atoms with van der Waals surface area (Å²) < 4.78 is 44.9. The number of alkyl halides is 3. The quantitative estimate of drug-likeness (QED) is 0.601. The summed E-state index contributed by atoms with van der Waals surface area (Å²) in [7, 11) is 0. The zero-order valence-electron chi connectivity index (χ0n) is 10.8. The molecule has 0 aliphatic rings. The molecule has 0 fully saturated rings. The van der Waals surface area contributed by atoms with Gasteiger partial charge >= 0.3 is 12.1 Å². The average molecular weight is 306 g/mol. The zero-order valence-corrected chi connectivity index (χ0v) is 10.8. The van der Waals surface area contributed by atoms with Crippen LogP contribution in [-0.2, 0) is 14.3 Å². The predicted molar refractivity (Wildman–Crippen MR) is 66.4 cm³/mol. The van der Waals surface area contributed by atoms with Crippen LogP contribution in [0.2, 0.25) is 0 Å². The van der Waals surface area contributed by atoms with Crippen LogP contribution in [0, 0.1) is 0 Å². The normalized spacial score (nSPS) is 10.8. The second-order valence-corrected chi connectivity index (χ2v) is 3.91. The molecule has 0 spiro atoms. The number of esters is 1. The van der Waals surface area contributed by atoms with Gasteiger partial charge in [0.25, 0.3) is 5.91 Å². The van der Waals surface area contributed by atoms with Gasteiger partial charge in [0.15, 0.2) is 13.2 Å². The van der Waals surface area contributed by atoms with E-state index >= 15 is 0 Å². The second kappa shape index (κ2) is 7.36. The molecule has 0 radical (unpaired) electrons. The molecule has 6 nitrogen and oxygen atoms in total. The molecule has 0 aliphatic heterocycles. The smallest absolute Gasteiger partial charge is 0.405 e. The minimum Gasteiger partial charge on any atom is -0.482 e. The largest absolute Gasteiger partial charge is 0.482 e. The fraction of sp³-hybridized carbons (Fsp3) is 0.333. The Bertz CT molecular complexity index is 488. The Morgan fingerprint density at radius 1 is 1.14 bits per heavy atom. The van der Waals surface area contributed by atoms with Crippen LogP contribution in [0.4, 0.5) is 18.9 Å². The first kappa shape index (κ1) is 16.6. The fourth-order valence-corrected chi connectivity index (χ4v) is 1.14. The highest BCUT2D eigenvalue weighted by molar-refractivity contribution is 5.80. The lowest BCUT2D eigenvalue weighted by Gasteiger charge is -2.09. The molecule has 0 bridgehead atoms. The van der Waals surface area contributed by atoms with Crippen LogP contribution in [-0.4, -0.2) is 37.8 Å². The van der Waals surface area contributed by atoms with Gasteiger partial charge in [0, 0.05) is 5.69 Å². The van der Waals surface area contributed by atoms with Gasteiger partial charge < -0.3 is 20.5 Å². The molecule has 9 heteroatoms. The predicted octanol–water partition coefficient (Wildman–Crippen LogP) is 0.869. The van der Waals surface area contributed by atoms with Gasteiger partial charge in [0.05, 0.1) is 0 Å². The molecule has 0 aromatic heterocycles. The Hall–Kier alpha value is -2.45. The highest BCUT2D eigenvalue weighted by Crippen LogP contribution is 2.13. The summed E-state index contributed by atoms with van der Waals surface area (Å²) >= 11 is 0. The first-order chi connectivity index (χ1) is 9.76. The lowest BCUT2D eigenvalue weighted by atomic mass is 10.3. The van der Waals surface area contributed by atoms with E-state index in [1.165, 1.54) is 12.1 Å². The average Bonchev–Trinajstić information content (AvgIpc) is 2.41. The molecule has 1 amide bonds. The van der Waals surface area contributed by atoms with Gasteiger partial charge in [0.1, 0.15) is 12.3 Å². The van der Waals surface area contributed by atoms with Crippen molar-refractivity contribution in [2.75, 3.05) is 25.5 Å². The van der Waals surface area contributed by atoms with Gasteiger partial charge in [0.2, 0.25) is 0 Å². The van der Waals surface area contributed by atoms with Crippen LogP contribution in [0.15, 0.2) is 24.3 Å². The van der Waals surface area contributed by atoms with Gasteiger partial charge in [-0.15, -0.1) is 0 Å². The molecule has 0 saturated carbocycles. The number of ether oxygens (including phenoxy) is 2. The van der Waals surface area contributed by atoms with Crippen LogP contribution < -0.4 is 15.8 Å². The first-order valence-electron chi connectivity index (χ1n) is 5.74. The summed E-state index contributed by atoms with van der Waals surface area (Å²) in [5.41, 5.74) is 5.97. The molecular formula is C12H13F3N2O4. The van der Waals surface area contributed by atoms with Crippen molar-refractivity contribution in [3.05, 3.63) is 24.3 Å². The van der Waals surface area contributed by atoms with Crippen molar-refractivity contribution in [2.45, 2.75) is 6.18 Å². The van der Waals surface area contributed by atoms with Gasteiger partial charge in [-0.05, 0) is 24.3 Å². The number of rotatable bonds is 6. The van der Waals surface area contributed by atoms with Gasteiger partial charge in [-0.2, -0.15) is 13.2 Å². The number of nitrogens with one attached hydrogen (secondary N) is 1. The summed E-state index contributed by atoms with van der Waals surface area (Å²) in [6.07, 6.45) is -4.52. The Balaban J connectivity index is 2.22. The Kier molecular flexibility index (Phi) is 5.82. The molecule has 0 unspecified atom stereocenters. The first-order valence-corrected chi connectivity index (χ1v) is 5.74. The minimum absolute atomic E-state index is 0.364. The summed E-state index contributed by atoms with van der Waals surface area (Å²) in [5, 5.41) is 1.56. The third-order valence-electron chi connectivity index (χ3n) is 2.09. The van der Waals surface area contributed by atoms with Crippen molar-refractivity contribution in [1.29, 1.82) is 0 Å². The number of hydrogen-bond acceptors (Lipinski definition) is 5.